The normalized spacial score (nSPS) is 10.7. The quantitative estimate of drug-likeness (QED) is 0.924. The Morgan fingerprint density at radius 3 is 2.88 bits per heavy atom. The van der Waals surface area contributed by atoms with Crippen molar-refractivity contribution in [3.05, 3.63) is 45.6 Å². The molecule has 1 aromatic carbocycles. The van der Waals surface area contributed by atoms with Crippen LogP contribution in [0.2, 0.25) is 5.02 Å². The van der Waals surface area contributed by atoms with Crippen molar-refractivity contribution in [2.45, 2.75) is 6.54 Å². The number of nitrogens with one attached hydrogen (secondary N) is 1. The number of hydrogen-bond acceptors (Lipinski definition) is 2. The number of furan rings is 1. The SMILES string of the molecule is CNCc1ccc(-c2cccc(Cl)c2Br)o1. The van der Waals surface area contributed by atoms with E-state index >= 15 is 0 Å². The summed E-state index contributed by atoms with van der Waals surface area (Å²) in [5, 5.41) is 3.73. The van der Waals surface area contributed by atoms with E-state index in [2.05, 4.69) is 21.2 Å². The van der Waals surface area contributed by atoms with Crippen LogP contribution in [0.15, 0.2) is 39.2 Å². The van der Waals surface area contributed by atoms with E-state index in [-0.39, 0.29) is 0 Å². The van der Waals surface area contributed by atoms with Gasteiger partial charge in [-0.2, -0.15) is 0 Å². The van der Waals surface area contributed by atoms with Crippen LogP contribution in [-0.4, -0.2) is 7.05 Å². The molecule has 2 aromatic rings. The van der Waals surface area contributed by atoms with Gasteiger partial charge >= 0.3 is 0 Å². The van der Waals surface area contributed by atoms with Crippen molar-refractivity contribution in [3.63, 3.8) is 0 Å². The predicted molar refractivity (Wildman–Crippen MR) is 69.6 cm³/mol. The molecule has 84 valence electrons. The molecule has 0 aliphatic heterocycles. The van der Waals surface area contributed by atoms with Crippen molar-refractivity contribution >= 4 is 27.5 Å². The van der Waals surface area contributed by atoms with Crippen molar-refractivity contribution < 1.29 is 4.42 Å². The zero-order valence-corrected chi connectivity index (χ0v) is 11.1. The van der Waals surface area contributed by atoms with Crippen LogP contribution < -0.4 is 5.32 Å². The van der Waals surface area contributed by atoms with E-state index in [1.807, 2.05) is 37.4 Å². The van der Waals surface area contributed by atoms with Crippen molar-refractivity contribution in [1.82, 2.24) is 5.32 Å². The van der Waals surface area contributed by atoms with Gasteiger partial charge in [-0.25, -0.2) is 0 Å². The summed E-state index contributed by atoms with van der Waals surface area (Å²) in [5.41, 5.74) is 0.967. The van der Waals surface area contributed by atoms with Gasteiger partial charge in [0.2, 0.25) is 0 Å². The highest BCUT2D eigenvalue weighted by atomic mass is 79.9. The molecule has 0 radical (unpaired) electrons. The molecule has 0 spiro atoms. The fourth-order valence-corrected chi connectivity index (χ4v) is 2.12. The second kappa shape index (κ2) is 5.04. The molecule has 0 fully saturated rings. The van der Waals surface area contributed by atoms with E-state index in [1.54, 1.807) is 0 Å². The largest absolute Gasteiger partial charge is 0.460 e. The summed E-state index contributed by atoms with van der Waals surface area (Å²) in [5.74, 6) is 1.73. The van der Waals surface area contributed by atoms with E-state index in [9.17, 15) is 0 Å². The molecule has 0 aliphatic rings. The molecule has 4 heteroatoms. The molecule has 0 amide bonds. The number of rotatable bonds is 3. The fraction of sp³-hybridized carbons (Fsp3) is 0.167. The standard InChI is InChI=1S/C12H11BrClNO/c1-15-7-8-5-6-11(16-8)9-3-2-4-10(14)12(9)13/h2-6,15H,7H2,1H3. The lowest BCUT2D eigenvalue weighted by Crippen LogP contribution is -2.03. The monoisotopic (exact) mass is 299 g/mol. The van der Waals surface area contributed by atoms with Crippen LogP contribution in [0, 0.1) is 0 Å². The minimum Gasteiger partial charge on any atom is -0.460 e. The van der Waals surface area contributed by atoms with E-state index in [1.165, 1.54) is 0 Å². The van der Waals surface area contributed by atoms with Gasteiger partial charge in [0.1, 0.15) is 11.5 Å². The maximum Gasteiger partial charge on any atom is 0.135 e. The highest BCUT2D eigenvalue weighted by Crippen LogP contribution is 2.34. The summed E-state index contributed by atoms with van der Waals surface area (Å²) in [4.78, 5) is 0. The van der Waals surface area contributed by atoms with Gasteiger partial charge < -0.3 is 9.73 Å². The van der Waals surface area contributed by atoms with Crippen LogP contribution in [0.5, 0.6) is 0 Å². The van der Waals surface area contributed by atoms with E-state index in [0.29, 0.717) is 5.02 Å². The maximum absolute atomic E-state index is 6.03. The second-order valence-corrected chi connectivity index (χ2v) is 4.60. The Labute approximate surface area is 108 Å². The van der Waals surface area contributed by atoms with E-state index < -0.39 is 0 Å². The van der Waals surface area contributed by atoms with Gasteiger partial charge in [-0.1, -0.05) is 17.7 Å². The average Bonchev–Trinajstić information content (AvgIpc) is 2.71. The number of halogens is 2. The topological polar surface area (TPSA) is 25.2 Å². The molecular formula is C12H11BrClNO. The highest BCUT2D eigenvalue weighted by Gasteiger charge is 2.09. The molecule has 1 aromatic heterocycles. The molecular weight excluding hydrogens is 289 g/mol. The molecule has 1 N–H and O–H groups in total. The summed E-state index contributed by atoms with van der Waals surface area (Å²) >= 11 is 9.49. The number of hydrogen-bond donors (Lipinski definition) is 1. The summed E-state index contributed by atoms with van der Waals surface area (Å²) in [6.45, 7) is 0.720. The molecule has 2 nitrogen and oxygen atoms in total. The highest BCUT2D eigenvalue weighted by molar-refractivity contribution is 9.10. The van der Waals surface area contributed by atoms with Crippen LogP contribution in [0.25, 0.3) is 11.3 Å². The number of benzene rings is 1. The third-order valence-corrected chi connectivity index (χ3v) is 3.63. The predicted octanol–water partition coefficient (Wildman–Crippen LogP) is 4.08. The Kier molecular flexibility index (Phi) is 3.69. The van der Waals surface area contributed by atoms with Gasteiger partial charge in [-0.15, -0.1) is 0 Å². The first-order valence-electron chi connectivity index (χ1n) is 4.90. The van der Waals surface area contributed by atoms with Crippen LogP contribution in [0.4, 0.5) is 0 Å². The van der Waals surface area contributed by atoms with Gasteiger partial charge in [0.25, 0.3) is 0 Å². The van der Waals surface area contributed by atoms with Crippen LogP contribution in [-0.2, 0) is 6.54 Å². The van der Waals surface area contributed by atoms with Crippen molar-refractivity contribution in [1.29, 1.82) is 0 Å². The van der Waals surface area contributed by atoms with Crippen LogP contribution in [0.1, 0.15) is 5.76 Å². The Hall–Kier alpha value is -0.770. The molecule has 0 bridgehead atoms. The molecule has 16 heavy (non-hydrogen) atoms. The Morgan fingerprint density at radius 1 is 1.31 bits per heavy atom. The van der Waals surface area contributed by atoms with Crippen LogP contribution >= 0.6 is 27.5 Å². The molecule has 0 aliphatic carbocycles. The second-order valence-electron chi connectivity index (χ2n) is 3.40. The van der Waals surface area contributed by atoms with Crippen molar-refractivity contribution in [2.75, 3.05) is 7.05 Å². The smallest absolute Gasteiger partial charge is 0.135 e. The third kappa shape index (κ3) is 2.32. The zero-order chi connectivity index (χ0) is 11.5. The minimum atomic E-state index is 0.684. The molecule has 0 atom stereocenters. The fourth-order valence-electron chi connectivity index (χ4n) is 1.49. The average molecular weight is 301 g/mol. The lowest BCUT2D eigenvalue weighted by atomic mass is 10.2. The first-order chi connectivity index (χ1) is 7.72. The summed E-state index contributed by atoms with van der Waals surface area (Å²) < 4.78 is 6.56. The van der Waals surface area contributed by atoms with E-state index in [4.69, 9.17) is 16.0 Å². The van der Waals surface area contributed by atoms with E-state index in [0.717, 1.165) is 28.1 Å². The molecule has 0 unspecified atom stereocenters. The Bertz CT molecular complexity index is 496. The van der Waals surface area contributed by atoms with Gasteiger partial charge in [0.15, 0.2) is 0 Å². The Balaban J connectivity index is 2.39. The van der Waals surface area contributed by atoms with Gasteiger partial charge in [-0.3, -0.25) is 0 Å². The van der Waals surface area contributed by atoms with Crippen molar-refractivity contribution in [3.8, 4) is 11.3 Å². The molecule has 1 heterocycles. The molecule has 2 rings (SSSR count). The maximum atomic E-state index is 6.03. The van der Waals surface area contributed by atoms with Gasteiger partial charge in [0, 0.05) is 10.0 Å². The minimum absolute atomic E-state index is 0.684. The summed E-state index contributed by atoms with van der Waals surface area (Å²) in [6, 6.07) is 9.62. The molecule has 0 saturated carbocycles. The van der Waals surface area contributed by atoms with Crippen LogP contribution in [0.3, 0.4) is 0 Å². The van der Waals surface area contributed by atoms with Gasteiger partial charge in [0.05, 0.1) is 11.6 Å². The van der Waals surface area contributed by atoms with Crippen molar-refractivity contribution in [2.24, 2.45) is 0 Å². The summed E-state index contributed by atoms with van der Waals surface area (Å²) in [6.07, 6.45) is 0. The zero-order valence-electron chi connectivity index (χ0n) is 8.76. The lowest BCUT2D eigenvalue weighted by molar-refractivity contribution is 0.507. The van der Waals surface area contributed by atoms with Gasteiger partial charge in [-0.05, 0) is 47.2 Å². The lowest BCUT2D eigenvalue weighted by Gasteiger charge is -2.02. The molecule has 0 saturated heterocycles. The summed E-state index contributed by atoms with van der Waals surface area (Å²) in [7, 11) is 1.89. The first-order valence-corrected chi connectivity index (χ1v) is 6.07. The Morgan fingerprint density at radius 2 is 2.12 bits per heavy atom. The first kappa shape index (κ1) is 11.7. The third-order valence-electron chi connectivity index (χ3n) is 2.23.